The average molecular weight is 615 g/mol. The predicted octanol–water partition coefficient (Wildman–Crippen LogP) is 5.36. The zero-order chi connectivity index (χ0) is 29.7. The first kappa shape index (κ1) is 30.5. The fourth-order valence-corrected chi connectivity index (χ4v) is 5.75. The average Bonchev–Trinajstić information content (AvgIpc) is 2.93. The Bertz CT molecular complexity index is 1540. The van der Waals surface area contributed by atoms with Crippen molar-refractivity contribution >= 4 is 45.0 Å². The van der Waals surface area contributed by atoms with Gasteiger partial charge in [0.05, 0.1) is 23.9 Å². The van der Waals surface area contributed by atoms with Gasteiger partial charge in [-0.1, -0.05) is 72.9 Å². The number of benzene rings is 3. The van der Waals surface area contributed by atoms with Crippen molar-refractivity contribution in [2.75, 3.05) is 6.26 Å². The molecular formula is C30H29Cl2N3O5S. The van der Waals surface area contributed by atoms with Crippen LogP contribution in [0.1, 0.15) is 54.2 Å². The fraction of sp³-hybridized carbons (Fsp3) is 0.300. The second-order valence-electron chi connectivity index (χ2n) is 9.89. The number of sulfonamides is 1. The Hall–Kier alpha value is -3.42. The largest absolute Gasteiger partial charge is 0.358 e. The van der Waals surface area contributed by atoms with E-state index in [-0.39, 0.29) is 12.8 Å². The van der Waals surface area contributed by atoms with Crippen LogP contribution in [0.4, 0.5) is 0 Å². The van der Waals surface area contributed by atoms with Crippen molar-refractivity contribution in [2.24, 2.45) is 0 Å². The lowest BCUT2D eigenvalue weighted by Crippen LogP contribution is -2.59. The number of hydrogen-bond acceptors (Lipinski definition) is 6. The number of hydrogen-bond donors (Lipinski definition) is 1. The zero-order valence-corrected chi connectivity index (χ0v) is 24.8. The molecule has 0 radical (unpaired) electrons. The molecule has 41 heavy (non-hydrogen) atoms. The van der Waals surface area contributed by atoms with Crippen molar-refractivity contribution in [3.05, 3.63) is 105 Å². The number of morpholine rings is 1. The quantitative estimate of drug-likeness (QED) is 0.347. The van der Waals surface area contributed by atoms with Crippen molar-refractivity contribution in [3.8, 4) is 6.07 Å². The maximum Gasteiger partial charge on any atom is 0.256 e. The Labute approximate surface area is 249 Å². The Kier molecular flexibility index (Phi) is 9.72. The first-order chi connectivity index (χ1) is 19.5. The number of nitrogens with one attached hydrogen (secondary N) is 1. The summed E-state index contributed by atoms with van der Waals surface area (Å²) in [5, 5.41) is 10.2. The molecule has 2 amide bonds. The van der Waals surface area contributed by atoms with Crippen molar-refractivity contribution in [3.63, 3.8) is 0 Å². The van der Waals surface area contributed by atoms with E-state index in [1.54, 1.807) is 72.8 Å². The number of rotatable bonds is 9. The Morgan fingerprint density at radius 3 is 2.07 bits per heavy atom. The van der Waals surface area contributed by atoms with E-state index in [1.807, 2.05) is 6.92 Å². The molecule has 1 N–H and O–H groups in total. The van der Waals surface area contributed by atoms with Crippen LogP contribution in [0.25, 0.3) is 0 Å². The van der Waals surface area contributed by atoms with E-state index < -0.39 is 46.1 Å². The SMILES string of the molecule is CCC[C@H](C(=O)NS(C)(=O)=O)N1C(=O)[C@H](Cc2ccc(C#N)cc2)O[C@H](c2ccc(Cl)cc2)[C@H]1c1ccc(Cl)cc1. The summed E-state index contributed by atoms with van der Waals surface area (Å²) >= 11 is 12.4. The monoisotopic (exact) mass is 613 g/mol. The van der Waals surface area contributed by atoms with Crippen molar-refractivity contribution in [2.45, 2.75) is 50.5 Å². The van der Waals surface area contributed by atoms with Crippen LogP contribution in [0.15, 0.2) is 72.8 Å². The molecule has 0 aromatic heterocycles. The third-order valence-electron chi connectivity index (χ3n) is 6.83. The van der Waals surface area contributed by atoms with E-state index in [4.69, 9.17) is 27.9 Å². The molecule has 4 atom stereocenters. The van der Waals surface area contributed by atoms with E-state index in [0.29, 0.717) is 27.6 Å². The lowest BCUT2D eigenvalue weighted by Gasteiger charge is -2.47. The maximum atomic E-state index is 14.3. The second kappa shape index (κ2) is 13.0. The Balaban J connectivity index is 1.87. The maximum absolute atomic E-state index is 14.3. The smallest absolute Gasteiger partial charge is 0.256 e. The molecule has 1 heterocycles. The van der Waals surface area contributed by atoms with Gasteiger partial charge in [-0.2, -0.15) is 5.26 Å². The van der Waals surface area contributed by atoms with Gasteiger partial charge < -0.3 is 9.64 Å². The molecule has 0 aliphatic carbocycles. The van der Waals surface area contributed by atoms with Crippen LogP contribution in [0.5, 0.6) is 0 Å². The first-order valence-corrected chi connectivity index (χ1v) is 15.6. The highest BCUT2D eigenvalue weighted by molar-refractivity contribution is 7.89. The molecule has 214 valence electrons. The van der Waals surface area contributed by atoms with Crippen molar-refractivity contribution in [1.29, 1.82) is 5.26 Å². The van der Waals surface area contributed by atoms with Crippen LogP contribution in [0.3, 0.4) is 0 Å². The normalized spacial score (nSPS) is 19.8. The second-order valence-corrected chi connectivity index (χ2v) is 12.5. The fourth-order valence-electron chi connectivity index (χ4n) is 5.00. The zero-order valence-electron chi connectivity index (χ0n) is 22.5. The minimum Gasteiger partial charge on any atom is -0.358 e. The number of nitrogens with zero attached hydrogens (tertiary/aromatic N) is 2. The van der Waals surface area contributed by atoms with Crippen molar-refractivity contribution in [1.82, 2.24) is 9.62 Å². The third kappa shape index (κ3) is 7.46. The summed E-state index contributed by atoms with van der Waals surface area (Å²) < 4.78 is 32.7. The van der Waals surface area contributed by atoms with Crippen LogP contribution in [-0.2, 0) is 30.8 Å². The molecule has 3 aromatic rings. The summed E-state index contributed by atoms with van der Waals surface area (Å²) in [4.78, 5) is 29.2. The highest BCUT2D eigenvalue weighted by Gasteiger charge is 2.48. The number of carbonyl (C=O) groups excluding carboxylic acids is 2. The third-order valence-corrected chi connectivity index (χ3v) is 7.90. The molecule has 1 fully saturated rings. The number of halogens is 2. The van der Waals surface area contributed by atoms with E-state index in [1.165, 1.54) is 4.90 Å². The van der Waals surface area contributed by atoms with Crippen LogP contribution >= 0.6 is 23.2 Å². The number of amides is 2. The Morgan fingerprint density at radius 1 is 1.00 bits per heavy atom. The summed E-state index contributed by atoms with van der Waals surface area (Å²) in [6.07, 6.45) is 0.0540. The lowest BCUT2D eigenvalue weighted by atomic mass is 9.88. The highest BCUT2D eigenvalue weighted by Crippen LogP contribution is 2.44. The highest BCUT2D eigenvalue weighted by atomic mass is 35.5. The van der Waals surface area contributed by atoms with E-state index in [0.717, 1.165) is 17.4 Å². The lowest BCUT2D eigenvalue weighted by molar-refractivity contribution is -0.181. The molecule has 1 saturated heterocycles. The van der Waals surface area contributed by atoms with E-state index >= 15 is 0 Å². The standard InChI is InChI=1S/C30H29Cl2N3O5S/c1-3-4-25(29(36)34-41(2,38)39)35-27(21-9-13-23(31)14-10-21)28(22-11-15-24(32)16-12-22)40-26(30(35)37)17-19-5-7-20(18-33)8-6-19/h5-16,25-28H,3-4,17H2,1-2H3,(H,34,36)/t25-,26+,27-,28-/m1/s1. The van der Waals surface area contributed by atoms with Gasteiger partial charge in [0, 0.05) is 16.5 Å². The Morgan fingerprint density at radius 2 is 1.56 bits per heavy atom. The summed E-state index contributed by atoms with van der Waals surface area (Å²) in [6, 6.07) is 20.9. The number of ether oxygens (including phenoxy) is 1. The summed E-state index contributed by atoms with van der Waals surface area (Å²) in [5.41, 5.74) is 2.62. The molecular weight excluding hydrogens is 585 g/mol. The number of carbonyl (C=O) groups is 2. The molecule has 1 aliphatic rings. The number of nitriles is 1. The van der Waals surface area contributed by atoms with Gasteiger partial charge >= 0.3 is 0 Å². The summed E-state index contributed by atoms with van der Waals surface area (Å²) in [7, 11) is -3.90. The van der Waals surface area contributed by atoms with Gasteiger partial charge in [0.2, 0.25) is 10.0 Å². The van der Waals surface area contributed by atoms with E-state index in [9.17, 15) is 23.3 Å². The molecule has 3 aromatic carbocycles. The molecule has 0 saturated carbocycles. The molecule has 11 heteroatoms. The van der Waals surface area contributed by atoms with Gasteiger partial charge in [0.15, 0.2) is 0 Å². The first-order valence-electron chi connectivity index (χ1n) is 13.0. The van der Waals surface area contributed by atoms with Gasteiger partial charge in [-0.3, -0.25) is 14.3 Å². The minimum absolute atomic E-state index is 0.172. The molecule has 0 spiro atoms. The molecule has 4 rings (SSSR count). The van der Waals surface area contributed by atoms with Gasteiger partial charge in [-0.15, -0.1) is 0 Å². The van der Waals surface area contributed by atoms with E-state index in [2.05, 4.69) is 10.8 Å². The van der Waals surface area contributed by atoms with Crippen LogP contribution in [-0.4, -0.2) is 43.5 Å². The topological polar surface area (TPSA) is 117 Å². The van der Waals surface area contributed by atoms with Gasteiger partial charge in [-0.05, 0) is 59.5 Å². The predicted molar refractivity (Wildman–Crippen MR) is 157 cm³/mol. The van der Waals surface area contributed by atoms with Gasteiger partial charge in [0.1, 0.15) is 18.2 Å². The molecule has 0 unspecified atom stereocenters. The van der Waals surface area contributed by atoms with Crippen molar-refractivity contribution < 1.29 is 22.7 Å². The summed E-state index contributed by atoms with van der Waals surface area (Å²) in [6.45, 7) is 1.86. The van der Waals surface area contributed by atoms with Crippen LogP contribution in [0.2, 0.25) is 10.0 Å². The van der Waals surface area contributed by atoms with Gasteiger partial charge in [0.25, 0.3) is 11.8 Å². The van der Waals surface area contributed by atoms with Crippen LogP contribution in [0, 0.1) is 11.3 Å². The molecule has 1 aliphatic heterocycles. The van der Waals surface area contributed by atoms with Crippen LogP contribution < -0.4 is 4.72 Å². The van der Waals surface area contributed by atoms with Gasteiger partial charge in [-0.25, -0.2) is 8.42 Å². The minimum atomic E-state index is -3.90. The summed E-state index contributed by atoms with van der Waals surface area (Å²) in [5.74, 6) is -1.25. The molecule has 0 bridgehead atoms. The molecule has 8 nitrogen and oxygen atoms in total.